The third-order valence-corrected chi connectivity index (χ3v) is 9.05. The van der Waals surface area contributed by atoms with E-state index in [9.17, 15) is 8.42 Å². The van der Waals surface area contributed by atoms with Crippen molar-refractivity contribution in [1.82, 2.24) is 8.87 Å². The number of benzene rings is 3. The zero-order valence-electron chi connectivity index (χ0n) is 20.0. The van der Waals surface area contributed by atoms with Crippen LogP contribution in [0, 0.1) is 20.8 Å². The number of hydrogen-bond acceptors (Lipinski definition) is 2. The highest BCUT2D eigenvalue weighted by molar-refractivity contribution is 7.89. The average molecular weight is 471 g/mol. The van der Waals surface area contributed by atoms with Gasteiger partial charge in [-0.05, 0) is 61.6 Å². The molecule has 4 nitrogen and oxygen atoms in total. The lowest BCUT2D eigenvalue weighted by molar-refractivity contribution is 0.441. The fourth-order valence-electron chi connectivity index (χ4n) is 5.08. The Kier molecular flexibility index (Phi) is 5.92. The molecule has 0 bridgehead atoms. The Balaban J connectivity index is 1.51. The highest BCUT2D eigenvalue weighted by atomic mass is 32.2. The van der Waals surface area contributed by atoms with Crippen LogP contribution in [0.25, 0.3) is 16.5 Å². The zero-order valence-corrected chi connectivity index (χ0v) is 20.8. The van der Waals surface area contributed by atoms with E-state index in [4.69, 9.17) is 0 Å². The SMILES string of the molecule is Cc1ccccc1Cn1c(C)c(C2=CCN(S(=O)(=O)c3ccccc3C)CC2)c2ccccc21. The molecule has 0 unspecified atom stereocenters. The molecule has 0 fully saturated rings. The first-order valence-corrected chi connectivity index (χ1v) is 13.2. The van der Waals surface area contributed by atoms with Gasteiger partial charge in [-0.1, -0.05) is 66.7 Å². The van der Waals surface area contributed by atoms with Crippen LogP contribution in [0.2, 0.25) is 0 Å². The molecule has 0 saturated heterocycles. The van der Waals surface area contributed by atoms with Gasteiger partial charge in [0.1, 0.15) is 0 Å². The van der Waals surface area contributed by atoms with Gasteiger partial charge in [0, 0.05) is 41.8 Å². The molecule has 5 rings (SSSR count). The van der Waals surface area contributed by atoms with Crippen LogP contribution < -0.4 is 0 Å². The van der Waals surface area contributed by atoms with Gasteiger partial charge in [0.05, 0.1) is 4.90 Å². The van der Waals surface area contributed by atoms with E-state index in [1.807, 2.05) is 19.1 Å². The molecule has 1 aromatic heterocycles. The summed E-state index contributed by atoms with van der Waals surface area (Å²) in [4.78, 5) is 0.401. The van der Waals surface area contributed by atoms with Crippen molar-refractivity contribution in [1.29, 1.82) is 0 Å². The van der Waals surface area contributed by atoms with Crippen LogP contribution in [0.3, 0.4) is 0 Å². The van der Waals surface area contributed by atoms with Crippen molar-refractivity contribution < 1.29 is 8.42 Å². The number of aromatic nitrogens is 1. The average Bonchev–Trinajstić information content (AvgIpc) is 3.12. The number of para-hydroxylation sites is 1. The molecule has 174 valence electrons. The standard InChI is InChI=1S/C29H30N2O2S/c1-21-10-4-6-12-25(21)20-31-23(3)29(26-13-7-8-14-27(26)31)24-16-18-30(19-17-24)34(32,33)28-15-9-5-11-22(28)2/h4-16H,17-20H2,1-3H3. The van der Waals surface area contributed by atoms with Crippen molar-refractivity contribution in [3.05, 3.63) is 107 Å². The molecule has 0 spiro atoms. The molecule has 4 aromatic rings. The highest BCUT2D eigenvalue weighted by Gasteiger charge is 2.29. The molecule has 2 heterocycles. The molecule has 0 radical (unpaired) electrons. The fourth-order valence-corrected chi connectivity index (χ4v) is 6.68. The normalized spacial score (nSPS) is 15.0. The summed E-state index contributed by atoms with van der Waals surface area (Å²) >= 11 is 0. The molecule has 1 aliphatic rings. The first-order valence-electron chi connectivity index (χ1n) is 11.8. The Morgan fingerprint density at radius 3 is 2.21 bits per heavy atom. The molecule has 0 aliphatic carbocycles. The maximum absolute atomic E-state index is 13.3. The summed E-state index contributed by atoms with van der Waals surface area (Å²) in [5, 5.41) is 1.23. The fraction of sp³-hybridized carbons (Fsp3) is 0.241. The first-order chi connectivity index (χ1) is 16.4. The third kappa shape index (κ3) is 3.89. The second kappa shape index (κ2) is 8.90. The van der Waals surface area contributed by atoms with Gasteiger partial charge in [0.2, 0.25) is 10.0 Å². The van der Waals surface area contributed by atoms with Crippen molar-refractivity contribution in [2.45, 2.75) is 38.6 Å². The summed E-state index contributed by atoms with van der Waals surface area (Å²) in [5.74, 6) is 0. The summed E-state index contributed by atoms with van der Waals surface area (Å²) in [5.41, 5.74) is 8.30. The van der Waals surface area contributed by atoms with Crippen LogP contribution in [0.1, 0.15) is 34.4 Å². The summed E-state index contributed by atoms with van der Waals surface area (Å²) in [6.07, 6.45) is 2.80. The highest BCUT2D eigenvalue weighted by Crippen LogP contribution is 2.36. The van der Waals surface area contributed by atoms with E-state index >= 15 is 0 Å². The number of nitrogens with zero attached hydrogens (tertiary/aromatic N) is 2. The van der Waals surface area contributed by atoms with Gasteiger partial charge in [0.15, 0.2) is 0 Å². The molecule has 0 amide bonds. The van der Waals surface area contributed by atoms with E-state index in [-0.39, 0.29) is 0 Å². The van der Waals surface area contributed by atoms with E-state index < -0.39 is 10.0 Å². The van der Waals surface area contributed by atoms with E-state index in [0.29, 0.717) is 24.4 Å². The Hall–Kier alpha value is -3.15. The number of hydrogen-bond donors (Lipinski definition) is 0. The van der Waals surface area contributed by atoms with Gasteiger partial charge in [-0.2, -0.15) is 4.31 Å². The molecule has 1 aliphatic heterocycles. The molecule has 0 N–H and O–H groups in total. The Labute approximate surface area is 202 Å². The quantitative estimate of drug-likeness (QED) is 0.354. The van der Waals surface area contributed by atoms with Crippen LogP contribution >= 0.6 is 0 Å². The van der Waals surface area contributed by atoms with Crippen molar-refractivity contribution >= 4 is 26.5 Å². The lowest BCUT2D eigenvalue weighted by Gasteiger charge is -2.27. The van der Waals surface area contributed by atoms with Gasteiger partial charge < -0.3 is 4.57 Å². The van der Waals surface area contributed by atoms with Crippen molar-refractivity contribution in [2.24, 2.45) is 0 Å². The molecular weight excluding hydrogens is 440 g/mol. The minimum Gasteiger partial charge on any atom is -0.340 e. The first kappa shape index (κ1) is 22.6. The van der Waals surface area contributed by atoms with E-state index in [0.717, 1.165) is 12.1 Å². The van der Waals surface area contributed by atoms with Crippen LogP contribution in [-0.4, -0.2) is 30.4 Å². The predicted molar refractivity (Wildman–Crippen MR) is 139 cm³/mol. The smallest absolute Gasteiger partial charge is 0.243 e. The Morgan fingerprint density at radius 2 is 1.50 bits per heavy atom. The lowest BCUT2D eigenvalue weighted by atomic mass is 9.97. The van der Waals surface area contributed by atoms with Gasteiger partial charge >= 0.3 is 0 Å². The summed E-state index contributed by atoms with van der Waals surface area (Å²) < 4.78 is 30.5. The Morgan fingerprint density at radius 1 is 0.824 bits per heavy atom. The van der Waals surface area contributed by atoms with Crippen molar-refractivity contribution in [2.75, 3.05) is 13.1 Å². The van der Waals surface area contributed by atoms with Gasteiger partial charge in [-0.25, -0.2) is 8.42 Å². The molecule has 34 heavy (non-hydrogen) atoms. The minimum atomic E-state index is -3.51. The number of rotatable bonds is 5. The maximum atomic E-state index is 13.3. The second-order valence-corrected chi connectivity index (χ2v) is 11.0. The van der Waals surface area contributed by atoms with E-state index in [1.165, 1.54) is 38.9 Å². The number of sulfonamides is 1. The summed E-state index contributed by atoms with van der Waals surface area (Å²) in [7, 11) is -3.51. The Bertz CT molecular complexity index is 1510. The minimum absolute atomic E-state index is 0.392. The number of aryl methyl sites for hydroxylation is 2. The van der Waals surface area contributed by atoms with E-state index in [1.54, 1.807) is 16.4 Å². The summed E-state index contributed by atoms with van der Waals surface area (Å²) in [6, 6.07) is 24.3. The molecular formula is C29H30N2O2S. The summed E-state index contributed by atoms with van der Waals surface area (Å²) in [6.45, 7) is 7.89. The molecule has 0 atom stereocenters. The monoisotopic (exact) mass is 470 g/mol. The van der Waals surface area contributed by atoms with Crippen LogP contribution in [0.15, 0.2) is 83.8 Å². The molecule has 5 heteroatoms. The van der Waals surface area contributed by atoms with Crippen LogP contribution in [-0.2, 0) is 16.6 Å². The lowest BCUT2D eigenvalue weighted by Crippen LogP contribution is -2.35. The zero-order chi connectivity index (χ0) is 23.9. The topological polar surface area (TPSA) is 42.3 Å². The second-order valence-electron chi connectivity index (χ2n) is 9.10. The largest absolute Gasteiger partial charge is 0.340 e. The van der Waals surface area contributed by atoms with Gasteiger partial charge in [-0.3, -0.25) is 0 Å². The van der Waals surface area contributed by atoms with Gasteiger partial charge in [0.25, 0.3) is 0 Å². The van der Waals surface area contributed by atoms with Crippen molar-refractivity contribution in [3.8, 4) is 0 Å². The third-order valence-electron chi connectivity index (χ3n) is 7.02. The van der Waals surface area contributed by atoms with Crippen molar-refractivity contribution in [3.63, 3.8) is 0 Å². The van der Waals surface area contributed by atoms with E-state index in [2.05, 4.69) is 73.0 Å². The molecule has 3 aromatic carbocycles. The van der Waals surface area contributed by atoms with Crippen LogP contribution in [0.5, 0.6) is 0 Å². The molecule has 0 saturated carbocycles. The van der Waals surface area contributed by atoms with Crippen LogP contribution in [0.4, 0.5) is 0 Å². The maximum Gasteiger partial charge on any atom is 0.243 e. The predicted octanol–water partition coefficient (Wildman–Crippen LogP) is 6.09. The number of fused-ring (bicyclic) bond motifs is 1. The van der Waals surface area contributed by atoms with Gasteiger partial charge in [-0.15, -0.1) is 0 Å².